The molecule has 11 heteroatoms. The maximum atomic E-state index is 11.9. The van der Waals surface area contributed by atoms with Crippen LogP contribution in [0.4, 0.5) is 0 Å². The first-order valence-electron chi connectivity index (χ1n) is 16.0. The summed E-state index contributed by atoms with van der Waals surface area (Å²) in [5, 5.41) is -0.0915. The van der Waals surface area contributed by atoms with Crippen molar-refractivity contribution >= 4 is 21.3 Å². The van der Waals surface area contributed by atoms with Crippen LogP contribution in [0.1, 0.15) is 28.5 Å². The maximum absolute atomic E-state index is 11.9. The zero-order valence-electron chi connectivity index (χ0n) is 26.5. The van der Waals surface area contributed by atoms with Crippen LogP contribution in [-0.2, 0) is 69.0 Å². The lowest BCUT2D eigenvalue weighted by atomic mass is 10.1. The second kappa shape index (κ2) is 17.0. The molecule has 9 nitrogen and oxygen atoms in total. The molecule has 2 aliphatic rings. The summed E-state index contributed by atoms with van der Waals surface area (Å²) >= 11 is 0. The molecule has 4 aromatic carbocycles. The van der Waals surface area contributed by atoms with E-state index in [1.807, 2.05) is 121 Å². The Hall–Kier alpha value is -3.10. The van der Waals surface area contributed by atoms with E-state index in [0.717, 1.165) is 22.3 Å². The molecule has 2 saturated heterocycles. The zero-order valence-corrected chi connectivity index (χ0v) is 28.1. The van der Waals surface area contributed by atoms with Crippen LogP contribution in [0, 0.1) is 0 Å². The minimum absolute atomic E-state index is 0.0712. The fourth-order valence-electron chi connectivity index (χ4n) is 5.97. The smallest absolute Gasteiger partial charge is 0.371 e. The van der Waals surface area contributed by atoms with Crippen LogP contribution >= 0.6 is 0 Å². The Morgan fingerprint density at radius 1 is 0.708 bits per heavy atom. The molecule has 0 amide bonds. The fraction of sp³-hybridized carbons (Fsp3) is 0.351. The van der Waals surface area contributed by atoms with Gasteiger partial charge in [-0.25, -0.2) is 4.18 Å². The molecular weight excluding hydrogens is 653 g/mol. The molecule has 4 aromatic rings. The number of hydrogen-bond acceptors (Lipinski definition) is 8. The van der Waals surface area contributed by atoms with E-state index in [-0.39, 0.29) is 24.1 Å². The molecule has 0 aromatic heterocycles. The fourth-order valence-corrected chi connectivity index (χ4v) is 9.44. The first kappa shape index (κ1) is 34.8. The molecule has 1 N–H and O–H groups in total. The molecule has 2 aliphatic heterocycles. The van der Waals surface area contributed by atoms with Crippen LogP contribution < -0.4 is 0 Å². The maximum Gasteiger partial charge on any atom is 0.397 e. The van der Waals surface area contributed by atoms with Gasteiger partial charge < -0.3 is 23.7 Å². The monoisotopic (exact) mass is 693 g/mol. The summed E-state index contributed by atoms with van der Waals surface area (Å²) in [5.74, 6) is 1.09. The molecule has 0 aliphatic carbocycles. The summed E-state index contributed by atoms with van der Waals surface area (Å²) in [5.41, 5.74) is 3.98. The highest BCUT2D eigenvalue weighted by Gasteiger charge is 2.55. The standard InChI is InChI=1S/C37H40O9S2/c38-48(39,40)46-32-24-44-37(31-19-11-4-12-20-31)45-33(32)26-47-27-34(42-22-29-15-7-2-8-16-29)36(43-23-30-17-9-3-10-18-30)35(47)25-41-21-28-13-5-1-6-14-28/h1-20,32-37H,21-27H2/p+1/t32-,33+,34+,35+,36-,37?,47?/m0/s1. The quantitative estimate of drug-likeness (QED) is 0.124. The van der Waals surface area contributed by atoms with Gasteiger partial charge in [-0.2, -0.15) is 8.42 Å². The lowest BCUT2D eigenvalue weighted by Crippen LogP contribution is -2.48. The summed E-state index contributed by atoms with van der Waals surface area (Å²) in [6.45, 7) is 1.59. The minimum atomic E-state index is -4.76. The first-order valence-corrected chi connectivity index (χ1v) is 19.0. The third-order valence-corrected chi connectivity index (χ3v) is 11.6. The Morgan fingerprint density at radius 3 is 1.83 bits per heavy atom. The van der Waals surface area contributed by atoms with Crippen molar-refractivity contribution in [1.29, 1.82) is 0 Å². The lowest BCUT2D eigenvalue weighted by molar-refractivity contribution is -0.245. The van der Waals surface area contributed by atoms with Gasteiger partial charge in [0.05, 0.1) is 33.0 Å². The minimum Gasteiger partial charge on any atom is -0.371 e. The second-order valence-electron chi connectivity index (χ2n) is 11.8. The highest BCUT2D eigenvalue weighted by molar-refractivity contribution is 7.97. The number of hydrogen-bond donors (Lipinski definition) is 1. The molecule has 0 radical (unpaired) electrons. The SMILES string of the molecule is O=S(=O)(O)O[C@H]1COC(c2ccccc2)O[C@@H]1C[S+]1C[C@@H](OCc2ccccc2)[C@H](OCc2ccccc2)[C@H]1COCc1ccccc1. The number of ether oxygens (including phenoxy) is 5. The Morgan fingerprint density at radius 2 is 1.25 bits per heavy atom. The Bertz CT molecular complexity index is 1630. The van der Waals surface area contributed by atoms with E-state index >= 15 is 0 Å². The molecule has 0 spiro atoms. The van der Waals surface area contributed by atoms with Crippen LogP contribution in [0.5, 0.6) is 0 Å². The van der Waals surface area contributed by atoms with E-state index < -0.39 is 39.8 Å². The average Bonchev–Trinajstić information content (AvgIpc) is 3.43. The molecule has 2 unspecified atom stereocenters. The van der Waals surface area contributed by atoms with E-state index in [4.69, 9.17) is 27.9 Å². The largest absolute Gasteiger partial charge is 0.397 e. The topological polar surface area (TPSA) is 110 Å². The Kier molecular flexibility index (Phi) is 12.3. The van der Waals surface area contributed by atoms with E-state index in [1.54, 1.807) is 0 Å². The molecular formula is C37H41O9S2+. The van der Waals surface area contributed by atoms with E-state index in [2.05, 4.69) is 0 Å². The van der Waals surface area contributed by atoms with Gasteiger partial charge in [0.1, 0.15) is 35.9 Å². The van der Waals surface area contributed by atoms with Gasteiger partial charge >= 0.3 is 10.4 Å². The molecule has 2 heterocycles. The van der Waals surface area contributed by atoms with E-state index in [0.29, 0.717) is 37.9 Å². The van der Waals surface area contributed by atoms with Gasteiger partial charge in [-0.05, 0) is 16.7 Å². The van der Waals surface area contributed by atoms with Crippen LogP contribution in [0.2, 0.25) is 0 Å². The van der Waals surface area contributed by atoms with Gasteiger partial charge in [0.2, 0.25) is 0 Å². The predicted octanol–water partition coefficient (Wildman–Crippen LogP) is 5.68. The molecule has 6 rings (SSSR count). The molecule has 0 bridgehead atoms. The van der Waals surface area contributed by atoms with Crippen LogP contribution in [0.25, 0.3) is 0 Å². The predicted molar refractivity (Wildman–Crippen MR) is 183 cm³/mol. The molecule has 254 valence electrons. The summed E-state index contributed by atoms with van der Waals surface area (Å²) in [6, 6.07) is 39.5. The second-order valence-corrected chi connectivity index (χ2v) is 15.2. The van der Waals surface area contributed by atoms with Gasteiger partial charge in [0.15, 0.2) is 11.5 Å². The van der Waals surface area contributed by atoms with Crippen molar-refractivity contribution in [2.75, 3.05) is 24.7 Å². The molecule has 0 saturated carbocycles. The third kappa shape index (κ3) is 9.97. The summed E-state index contributed by atoms with van der Waals surface area (Å²) in [6.07, 6.45) is -3.02. The van der Waals surface area contributed by atoms with Crippen molar-refractivity contribution in [2.24, 2.45) is 0 Å². The first-order chi connectivity index (χ1) is 23.4. The zero-order chi connectivity index (χ0) is 33.2. The highest BCUT2D eigenvalue weighted by atomic mass is 32.3. The van der Waals surface area contributed by atoms with Crippen molar-refractivity contribution in [1.82, 2.24) is 0 Å². The van der Waals surface area contributed by atoms with E-state index in [1.165, 1.54) is 0 Å². The van der Waals surface area contributed by atoms with Gasteiger partial charge in [0.25, 0.3) is 0 Å². The van der Waals surface area contributed by atoms with Crippen LogP contribution in [0.3, 0.4) is 0 Å². The summed E-state index contributed by atoms with van der Waals surface area (Å²) < 4.78 is 70.4. The van der Waals surface area contributed by atoms with Crippen molar-refractivity contribution in [3.63, 3.8) is 0 Å². The van der Waals surface area contributed by atoms with Gasteiger partial charge in [-0.3, -0.25) is 4.55 Å². The van der Waals surface area contributed by atoms with Crippen molar-refractivity contribution in [3.05, 3.63) is 144 Å². The van der Waals surface area contributed by atoms with Crippen LogP contribution in [-0.4, -0.2) is 67.4 Å². The van der Waals surface area contributed by atoms with Crippen molar-refractivity contribution < 1.29 is 40.8 Å². The molecule has 48 heavy (non-hydrogen) atoms. The van der Waals surface area contributed by atoms with Crippen molar-refractivity contribution in [3.8, 4) is 0 Å². The highest BCUT2D eigenvalue weighted by Crippen LogP contribution is 2.35. The number of benzene rings is 4. The van der Waals surface area contributed by atoms with Gasteiger partial charge in [-0.1, -0.05) is 121 Å². The third-order valence-electron chi connectivity index (χ3n) is 8.35. The van der Waals surface area contributed by atoms with Crippen LogP contribution in [0.15, 0.2) is 121 Å². The van der Waals surface area contributed by atoms with E-state index in [9.17, 15) is 13.0 Å². The molecule has 2 fully saturated rings. The average molecular weight is 694 g/mol. The lowest BCUT2D eigenvalue weighted by Gasteiger charge is -2.35. The van der Waals surface area contributed by atoms with Crippen molar-refractivity contribution in [2.45, 2.75) is 55.8 Å². The normalized spacial score (nSPS) is 26.0. The summed E-state index contributed by atoms with van der Waals surface area (Å²) in [4.78, 5) is 0. The van der Waals surface area contributed by atoms with Gasteiger partial charge in [-0.15, -0.1) is 0 Å². The molecule has 7 atom stereocenters. The number of rotatable bonds is 15. The summed E-state index contributed by atoms with van der Waals surface area (Å²) in [7, 11) is -5.19. The Balaban J connectivity index is 1.26. The Labute approximate surface area is 285 Å². The van der Waals surface area contributed by atoms with Gasteiger partial charge in [0, 0.05) is 16.5 Å².